The Morgan fingerprint density at radius 1 is 1.17 bits per heavy atom. The fraction of sp³-hybridized carbons (Fsp3) is 0.348. The molecule has 6 nitrogen and oxygen atoms in total. The summed E-state index contributed by atoms with van der Waals surface area (Å²) in [7, 11) is 0. The van der Waals surface area contributed by atoms with Crippen LogP contribution >= 0.6 is 11.6 Å². The fourth-order valence-electron chi connectivity index (χ4n) is 3.68. The number of nitrogens with one attached hydrogen (secondary N) is 1. The third-order valence-corrected chi connectivity index (χ3v) is 6.00. The van der Waals surface area contributed by atoms with E-state index in [9.17, 15) is 4.79 Å². The summed E-state index contributed by atoms with van der Waals surface area (Å²) < 4.78 is 5.41. The van der Waals surface area contributed by atoms with Gasteiger partial charge in [-0.1, -0.05) is 35.0 Å². The molecular formula is C23H25ClN4O2. The summed E-state index contributed by atoms with van der Waals surface area (Å²) in [6.07, 6.45) is 1.62. The van der Waals surface area contributed by atoms with Gasteiger partial charge in [-0.15, -0.1) is 0 Å². The lowest BCUT2D eigenvalue weighted by atomic mass is 9.95. The van der Waals surface area contributed by atoms with Gasteiger partial charge in [0.1, 0.15) is 0 Å². The fourth-order valence-corrected chi connectivity index (χ4v) is 3.90. The number of anilines is 1. The van der Waals surface area contributed by atoms with Crippen molar-refractivity contribution < 1.29 is 9.32 Å². The van der Waals surface area contributed by atoms with Crippen LogP contribution in [-0.4, -0.2) is 34.0 Å². The predicted molar refractivity (Wildman–Crippen MR) is 117 cm³/mol. The molecule has 1 aliphatic rings. The Bertz CT molecular complexity index is 1040. The normalized spacial score (nSPS) is 15.3. The molecule has 0 atom stereocenters. The molecule has 0 unspecified atom stereocenters. The van der Waals surface area contributed by atoms with E-state index in [1.54, 1.807) is 6.07 Å². The molecule has 0 radical (unpaired) electrons. The van der Waals surface area contributed by atoms with Crippen LogP contribution in [0.3, 0.4) is 0 Å². The van der Waals surface area contributed by atoms with Crippen molar-refractivity contribution in [1.29, 1.82) is 0 Å². The number of amides is 1. The molecule has 1 aliphatic heterocycles. The third-order valence-electron chi connectivity index (χ3n) is 5.67. The molecule has 1 N–H and O–H groups in total. The number of hydrogen-bond acceptors (Lipinski definition) is 5. The molecular weight excluding hydrogens is 400 g/mol. The van der Waals surface area contributed by atoms with Gasteiger partial charge in [-0.25, -0.2) is 0 Å². The minimum absolute atomic E-state index is 0.0178. The van der Waals surface area contributed by atoms with Crippen molar-refractivity contribution in [3.05, 3.63) is 64.5 Å². The number of benzene rings is 2. The number of carbonyl (C=O) groups is 1. The lowest BCUT2D eigenvalue weighted by Crippen LogP contribution is -2.37. The number of halogens is 1. The minimum Gasteiger partial charge on any atom is -0.338 e. The zero-order valence-corrected chi connectivity index (χ0v) is 17.9. The van der Waals surface area contributed by atoms with Gasteiger partial charge >= 0.3 is 0 Å². The maximum absolute atomic E-state index is 12.6. The van der Waals surface area contributed by atoms with Crippen molar-refractivity contribution in [2.45, 2.75) is 33.2 Å². The number of aryl methyl sites for hydroxylation is 2. The monoisotopic (exact) mass is 424 g/mol. The van der Waals surface area contributed by atoms with E-state index in [1.165, 1.54) is 11.1 Å². The lowest BCUT2D eigenvalue weighted by Gasteiger charge is -2.30. The summed E-state index contributed by atoms with van der Waals surface area (Å²) in [5.74, 6) is 1.17. The number of carbonyl (C=O) groups excluding carboxylic acids is 1. The summed E-state index contributed by atoms with van der Waals surface area (Å²) in [5, 5.41) is 7.71. The van der Waals surface area contributed by atoms with E-state index in [0.29, 0.717) is 23.3 Å². The molecule has 7 heteroatoms. The smallest absolute Gasteiger partial charge is 0.241 e. The van der Waals surface area contributed by atoms with Crippen molar-refractivity contribution in [1.82, 2.24) is 15.0 Å². The van der Waals surface area contributed by atoms with Crippen LogP contribution in [0, 0.1) is 19.8 Å². The number of piperidine rings is 1. The molecule has 0 saturated carbocycles. The Morgan fingerprint density at radius 2 is 1.93 bits per heavy atom. The quantitative estimate of drug-likeness (QED) is 0.633. The highest BCUT2D eigenvalue weighted by atomic mass is 35.5. The lowest BCUT2D eigenvalue weighted by molar-refractivity contribution is -0.121. The first-order valence-electron chi connectivity index (χ1n) is 10.2. The van der Waals surface area contributed by atoms with Gasteiger partial charge in [0.25, 0.3) is 0 Å². The second kappa shape index (κ2) is 8.98. The van der Waals surface area contributed by atoms with Crippen LogP contribution in [0.2, 0.25) is 5.02 Å². The standard InChI is InChI=1S/C23H25ClN4O2/c1-15-7-8-18(13-16(15)2)25-23(29)17-9-11-28(12-10-17)14-21-26-22(27-30-21)19-5-3-4-6-20(19)24/h3-8,13,17H,9-12,14H2,1-2H3,(H,25,29). The van der Waals surface area contributed by atoms with Gasteiger partial charge in [0.15, 0.2) is 0 Å². The molecule has 0 aliphatic carbocycles. The van der Waals surface area contributed by atoms with Crippen LogP contribution < -0.4 is 5.32 Å². The largest absolute Gasteiger partial charge is 0.338 e. The molecule has 0 bridgehead atoms. The summed E-state index contributed by atoms with van der Waals surface area (Å²) >= 11 is 6.21. The molecule has 4 rings (SSSR count). The van der Waals surface area contributed by atoms with Crippen LogP contribution in [0.1, 0.15) is 29.9 Å². The first-order chi connectivity index (χ1) is 14.5. The molecule has 2 heterocycles. The highest BCUT2D eigenvalue weighted by molar-refractivity contribution is 6.33. The number of hydrogen-bond donors (Lipinski definition) is 1. The maximum Gasteiger partial charge on any atom is 0.241 e. The van der Waals surface area contributed by atoms with E-state index in [1.807, 2.05) is 36.4 Å². The van der Waals surface area contributed by atoms with Crippen LogP contribution in [0.5, 0.6) is 0 Å². The summed E-state index contributed by atoms with van der Waals surface area (Å²) in [6, 6.07) is 13.5. The summed E-state index contributed by atoms with van der Waals surface area (Å²) in [6.45, 7) is 6.32. The number of rotatable bonds is 5. The molecule has 3 aromatic rings. The van der Waals surface area contributed by atoms with Gasteiger partial charge in [0.2, 0.25) is 17.6 Å². The van der Waals surface area contributed by atoms with E-state index < -0.39 is 0 Å². The summed E-state index contributed by atoms with van der Waals surface area (Å²) in [5.41, 5.74) is 4.03. The Kier molecular flexibility index (Phi) is 6.16. The minimum atomic E-state index is 0.0178. The molecule has 1 fully saturated rings. The third kappa shape index (κ3) is 4.71. The highest BCUT2D eigenvalue weighted by Crippen LogP contribution is 2.26. The van der Waals surface area contributed by atoms with Gasteiger partial charge in [-0.3, -0.25) is 9.69 Å². The van der Waals surface area contributed by atoms with E-state index >= 15 is 0 Å². The second-order valence-corrected chi connectivity index (χ2v) is 8.24. The Labute approximate surface area is 181 Å². The first kappa shape index (κ1) is 20.6. The van der Waals surface area contributed by atoms with Crippen molar-refractivity contribution in [2.75, 3.05) is 18.4 Å². The molecule has 1 aromatic heterocycles. The maximum atomic E-state index is 12.6. The zero-order chi connectivity index (χ0) is 21.1. The van der Waals surface area contributed by atoms with Gasteiger partial charge in [0.05, 0.1) is 11.6 Å². The molecule has 1 saturated heterocycles. The SMILES string of the molecule is Cc1ccc(NC(=O)C2CCN(Cc3nc(-c4ccccc4Cl)no3)CC2)cc1C. The topological polar surface area (TPSA) is 71.3 Å². The average Bonchev–Trinajstić information content (AvgIpc) is 3.20. The van der Waals surface area contributed by atoms with Crippen LogP contribution in [-0.2, 0) is 11.3 Å². The average molecular weight is 425 g/mol. The van der Waals surface area contributed by atoms with E-state index in [-0.39, 0.29) is 11.8 Å². The van der Waals surface area contributed by atoms with Crippen molar-refractivity contribution in [3.63, 3.8) is 0 Å². The molecule has 156 valence electrons. The molecule has 0 spiro atoms. The van der Waals surface area contributed by atoms with Crippen LogP contribution in [0.15, 0.2) is 47.0 Å². The van der Waals surface area contributed by atoms with Crippen molar-refractivity contribution >= 4 is 23.2 Å². The Hall–Kier alpha value is -2.70. The van der Waals surface area contributed by atoms with E-state index in [4.69, 9.17) is 16.1 Å². The zero-order valence-electron chi connectivity index (χ0n) is 17.2. The highest BCUT2D eigenvalue weighted by Gasteiger charge is 2.26. The predicted octanol–water partition coefficient (Wildman–Crippen LogP) is 4.86. The van der Waals surface area contributed by atoms with Gasteiger partial charge in [-0.05, 0) is 75.2 Å². The second-order valence-electron chi connectivity index (χ2n) is 7.83. The summed E-state index contributed by atoms with van der Waals surface area (Å²) in [4.78, 5) is 19.4. The Morgan fingerprint density at radius 3 is 2.67 bits per heavy atom. The van der Waals surface area contributed by atoms with Crippen molar-refractivity contribution in [3.8, 4) is 11.4 Å². The molecule has 2 aromatic carbocycles. The van der Waals surface area contributed by atoms with E-state index in [2.05, 4.69) is 34.2 Å². The molecule has 30 heavy (non-hydrogen) atoms. The van der Waals surface area contributed by atoms with Gasteiger partial charge < -0.3 is 9.84 Å². The van der Waals surface area contributed by atoms with Crippen molar-refractivity contribution in [2.24, 2.45) is 5.92 Å². The number of likely N-dealkylation sites (tertiary alicyclic amines) is 1. The van der Waals surface area contributed by atoms with E-state index in [0.717, 1.165) is 37.2 Å². The Balaban J connectivity index is 1.30. The first-order valence-corrected chi connectivity index (χ1v) is 10.6. The van der Waals surface area contributed by atoms with Gasteiger partial charge in [0, 0.05) is 17.2 Å². The van der Waals surface area contributed by atoms with Crippen LogP contribution in [0.4, 0.5) is 5.69 Å². The molecule has 1 amide bonds. The van der Waals surface area contributed by atoms with Crippen LogP contribution in [0.25, 0.3) is 11.4 Å². The number of nitrogens with zero attached hydrogens (tertiary/aromatic N) is 3. The van der Waals surface area contributed by atoms with Gasteiger partial charge in [-0.2, -0.15) is 4.98 Å². The number of aromatic nitrogens is 2.